The number of aliphatic imine (C=N–C) groups is 1. The highest BCUT2D eigenvalue weighted by atomic mass is 16.5. The normalized spacial score (nSPS) is 14.2. The van der Waals surface area contributed by atoms with Crippen LogP contribution in [-0.4, -0.2) is 70.9 Å². The summed E-state index contributed by atoms with van der Waals surface area (Å²) in [7, 11) is 3.89. The number of nitrogens with zero attached hydrogens (tertiary/aromatic N) is 3. The Morgan fingerprint density at radius 3 is 2.56 bits per heavy atom. The maximum atomic E-state index is 5.10. The van der Waals surface area contributed by atoms with Gasteiger partial charge in [0.25, 0.3) is 0 Å². The van der Waals surface area contributed by atoms with Gasteiger partial charge in [0.2, 0.25) is 0 Å². The number of hydrogen-bond acceptors (Lipinski definition) is 4. The van der Waals surface area contributed by atoms with Gasteiger partial charge in [-0.3, -0.25) is 0 Å². The van der Waals surface area contributed by atoms with E-state index >= 15 is 0 Å². The van der Waals surface area contributed by atoms with E-state index in [1.165, 1.54) is 11.3 Å². The first kappa shape index (κ1) is 21.3. The van der Waals surface area contributed by atoms with E-state index in [1.807, 2.05) is 0 Å². The van der Waals surface area contributed by atoms with Crippen LogP contribution in [0.4, 0.5) is 5.69 Å². The summed E-state index contributed by atoms with van der Waals surface area (Å²) in [5.74, 6) is 0.871. The third-order valence-corrected chi connectivity index (χ3v) is 4.56. The molecule has 2 N–H and O–H groups in total. The lowest BCUT2D eigenvalue weighted by Gasteiger charge is -2.18. The van der Waals surface area contributed by atoms with E-state index in [9.17, 15) is 0 Å². The van der Waals surface area contributed by atoms with Crippen LogP contribution in [-0.2, 0) is 11.3 Å². The Balaban J connectivity index is 1.76. The molecule has 1 aromatic carbocycles. The van der Waals surface area contributed by atoms with Gasteiger partial charge in [-0.1, -0.05) is 24.3 Å². The molecule has 2 rings (SSSR count). The predicted octanol–water partition coefficient (Wildman–Crippen LogP) is 2.09. The Morgan fingerprint density at radius 1 is 1.15 bits per heavy atom. The molecule has 0 amide bonds. The maximum Gasteiger partial charge on any atom is 0.191 e. The van der Waals surface area contributed by atoms with Crippen molar-refractivity contribution in [1.29, 1.82) is 0 Å². The zero-order valence-corrected chi connectivity index (χ0v) is 17.1. The number of benzene rings is 1. The van der Waals surface area contributed by atoms with E-state index in [4.69, 9.17) is 9.73 Å². The Bertz CT molecular complexity index is 577. The first-order valence-corrected chi connectivity index (χ1v) is 9.91. The average Bonchev–Trinajstić information content (AvgIpc) is 3.21. The summed E-state index contributed by atoms with van der Waals surface area (Å²) < 4.78 is 5.10. The minimum Gasteiger partial charge on any atom is -0.385 e. The number of hydrogen-bond donors (Lipinski definition) is 2. The molecule has 0 saturated carbocycles. The molecule has 0 aromatic heterocycles. The number of nitrogens with one attached hydrogen (secondary N) is 2. The van der Waals surface area contributed by atoms with Crippen molar-refractivity contribution < 1.29 is 4.74 Å². The van der Waals surface area contributed by atoms with Crippen molar-refractivity contribution in [2.75, 3.05) is 64.9 Å². The van der Waals surface area contributed by atoms with Crippen LogP contribution in [0.15, 0.2) is 41.4 Å². The topological polar surface area (TPSA) is 52.1 Å². The predicted molar refractivity (Wildman–Crippen MR) is 115 cm³/mol. The van der Waals surface area contributed by atoms with Crippen LogP contribution in [0, 0.1) is 0 Å². The molecule has 0 spiro atoms. The van der Waals surface area contributed by atoms with Crippen molar-refractivity contribution in [3.05, 3.63) is 42.0 Å². The summed E-state index contributed by atoms with van der Waals surface area (Å²) >= 11 is 0. The smallest absolute Gasteiger partial charge is 0.191 e. The summed E-state index contributed by atoms with van der Waals surface area (Å²) in [6.07, 6.45) is 5.48. The van der Waals surface area contributed by atoms with Crippen molar-refractivity contribution in [1.82, 2.24) is 15.5 Å². The van der Waals surface area contributed by atoms with Gasteiger partial charge in [0, 0.05) is 58.7 Å². The fraction of sp³-hybridized carbons (Fsp3) is 0.571. The van der Waals surface area contributed by atoms with E-state index in [1.54, 1.807) is 7.11 Å². The quantitative estimate of drug-likeness (QED) is 0.269. The molecule has 27 heavy (non-hydrogen) atoms. The molecule has 1 aliphatic heterocycles. The van der Waals surface area contributed by atoms with Crippen LogP contribution in [0.5, 0.6) is 0 Å². The van der Waals surface area contributed by atoms with E-state index in [0.717, 1.165) is 58.3 Å². The minimum absolute atomic E-state index is 0.678. The monoisotopic (exact) mass is 373 g/mol. The van der Waals surface area contributed by atoms with Gasteiger partial charge in [-0.2, -0.15) is 0 Å². The fourth-order valence-electron chi connectivity index (χ4n) is 2.97. The highest BCUT2D eigenvalue weighted by molar-refractivity contribution is 5.79. The van der Waals surface area contributed by atoms with Gasteiger partial charge in [-0.25, -0.2) is 4.99 Å². The highest BCUT2D eigenvalue weighted by Crippen LogP contribution is 2.17. The van der Waals surface area contributed by atoms with Crippen molar-refractivity contribution in [3.8, 4) is 0 Å². The summed E-state index contributed by atoms with van der Waals surface area (Å²) in [6.45, 7) is 9.35. The molecule has 150 valence electrons. The summed E-state index contributed by atoms with van der Waals surface area (Å²) in [5.41, 5.74) is 2.49. The molecular weight excluding hydrogens is 338 g/mol. The van der Waals surface area contributed by atoms with Crippen LogP contribution in [0.2, 0.25) is 0 Å². The van der Waals surface area contributed by atoms with Crippen molar-refractivity contribution in [3.63, 3.8) is 0 Å². The molecule has 0 aliphatic carbocycles. The lowest BCUT2D eigenvalue weighted by atomic mass is 10.2. The number of guanidine groups is 1. The van der Waals surface area contributed by atoms with Crippen molar-refractivity contribution in [2.45, 2.75) is 19.9 Å². The fourth-order valence-corrected chi connectivity index (χ4v) is 2.97. The molecule has 0 radical (unpaired) electrons. The van der Waals surface area contributed by atoms with Crippen LogP contribution < -0.4 is 15.5 Å². The molecule has 1 heterocycles. The first-order valence-electron chi connectivity index (χ1n) is 9.91. The SMILES string of the molecule is CCNC(=NCc1ccc(N2CC=CC2)cc1)NCCN(C)CCCOC. The molecular formula is C21H35N5O. The number of rotatable bonds is 11. The van der Waals surface area contributed by atoms with E-state index in [2.05, 4.69) is 70.8 Å². The van der Waals surface area contributed by atoms with E-state index in [0.29, 0.717) is 6.54 Å². The van der Waals surface area contributed by atoms with Gasteiger partial charge >= 0.3 is 0 Å². The Kier molecular flexibility index (Phi) is 9.73. The molecule has 6 heteroatoms. The molecule has 6 nitrogen and oxygen atoms in total. The zero-order chi connectivity index (χ0) is 19.3. The van der Waals surface area contributed by atoms with Crippen LogP contribution in [0.25, 0.3) is 0 Å². The number of anilines is 1. The Morgan fingerprint density at radius 2 is 1.89 bits per heavy atom. The zero-order valence-electron chi connectivity index (χ0n) is 17.1. The standard InChI is InChI=1S/C21H35N5O/c1-4-22-21(23-12-16-25(2)13-7-17-27-3)24-18-19-8-10-20(11-9-19)26-14-5-6-15-26/h5-6,8-11H,4,7,12-18H2,1-3H3,(H2,22,23,24). The van der Waals surface area contributed by atoms with Gasteiger partial charge in [-0.05, 0) is 38.1 Å². The van der Waals surface area contributed by atoms with Gasteiger partial charge in [0.05, 0.1) is 6.54 Å². The first-order chi connectivity index (χ1) is 13.2. The van der Waals surface area contributed by atoms with Gasteiger partial charge < -0.3 is 25.2 Å². The summed E-state index contributed by atoms with van der Waals surface area (Å²) in [4.78, 5) is 9.37. The lowest BCUT2D eigenvalue weighted by Crippen LogP contribution is -2.41. The largest absolute Gasteiger partial charge is 0.385 e. The van der Waals surface area contributed by atoms with Crippen LogP contribution >= 0.6 is 0 Å². The average molecular weight is 374 g/mol. The minimum atomic E-state index is 0.678. The second-order valence-corrected chi connectivity index (χ2v) is 6.81. The Labute approximate surface area is 164 Å². The van der Waals surface area contributed by atoms with Crippen LogP contribution in [0.3, 0.4) is 0 Å². The molecule has 1 aliphatic rings. The molecule has 0 fully saturated rings. The number of methoxy groups -OCH3 is 1. The third-order valence-electron chi connectivity index (χ3n) is 4.56. The van der Waals surface area contributed by atoms with Crippen molar-refractivity contribution >= 4 is 11.6 Å². The van der Waals surface area contributed by atoms with Crippen molar-refractivity contribution in [2.24, 2.45) is 4.99 Å². The second kappa shape index (κ2) is 12.4. The molecule has 0 saturated heterocycles. The number of likely N-dealkylation sites (N-methyl/N-ethyl adjacent to an activating group) is 1. The maximum absolute atomic E-state index is 5.10. The molecule has 0 unspecified atom stereocenters. The molecule has 0 bridgehead atoms. The summed E-state index contributed by atoms with van der Waals surface area (Å²) in [6, 6.07) is 8.72. The third kappa shape index (κ3) is 8.01. The molecule has 1 aromatic rings. The van der Waals surface area contributed by atoms with E-state index in [-0.39, 0.29) is 0 Å². The van der Waals surface area contributed by atoms with Gasteiger partial charge in [0.15, 0.2) is 5.96 Å². The summed E-state index contributed by atoms with van der Waals surface area (Å²) in [5, 5.41) is 6.74. The number of ether oxygens (including phenoxy) is 1. The molecule has 0 atom stereocenters. The lowest BCUT2D eigenvalue weighted by molar-refractivity contribution is 0.180. The Hall–Kier alpha value is -2.05. The van der Waals surface area contributed by atoms with Crippen LogP contribution in [0.1, 0.15) is 18.9 Å². The van der Waals surface area contributed by atoms with Gasteiger partial charge in [-0.15, -0.1) is 0 Å². The van der Waals surface area contributed by atoms with E-state index < -0.39 is 0 Å². The highest BCUT2D eigenvalue weighted by Gasteiger charge is 2.07. The second-order valence-electron chi connectivity index (χ2n) is 6.81. The van der Waals surface area contributed by atoms with Gasteiger partial charge in [0.1, 0.15) is 0 Å².